The Balaban J connectivity index is 2.97. The molecule has 0 aliphatic rings. The van der Waals surface area contributed by atoms with Gasteiger partial charge in [-0.25, -0.2) is 4.79 Å². The number of hydrogen-bond donors (Lipinski definition) is 1. The van der Waals surface area contributed by atoms with Crippen LogP contribution in [0.1, 0.15) is 18.9 Å². The highest BCUT2D eigenvalue weighted by atomic mass is 16.5. The van der Waals surface area contributed by atoms with Gasteiger partial charge in [0.25, 0.3) is 0 Å². The SMILES string of the molecule is CCCOc1cccc(CC(=O)C(=O)O)c1OC. The molecule has 0 radical (unpaired) electrons. The Kier molecular flexibility index (Phi) is 5.17. The molecule has 5 heteroatoms. The number of aliphatic carboxylic acids is 1. The number of ether oxygens (including phenoxy) is 2. The van der Waals surface area contributed by atoms with Crippen molar-refractivity contribution in [3.05, 3.63) is 23.8 Å². The molecule has 1 aromatic carbocycles. The van der Waals surface area contributed by atoms with Gasteiger partial charge in [0, 0.05) is 12.0 Å². The topological polar surface area (TPSA) is 72.8 Å². The van der Waals surface area contributed by atoms with Crippen molar-refractivity contribution in [1.29, 1.82) is 0 Å². The molecule has 0 aromatic heterocycles. The van der Waals surface area contributed by atoms with Crippen molar-refractivity contribution >= 4 is 11.8 Å². The maximum atomic E-state index is 11.2. The number of Topliss-reactive ketones (excluding diaryl/α,β-unsaturated/α-hetero) is 1. The normalized spacial score (nSPS) is 9.89. The zero-order valence-electron chi connectivity index (χ0n) is 10.4. The highest BCUT2D eigenvalue weighted by Crippen LogP contribution is 2.31. The summed E-state index contributed by atoms with van der Waals surface area (Å²) in [6.45, 7) is 2.51. The summed E-state index contributed by atoms with van der Waals surface area (Å²) in [6.07, 6.45) is 0.642. The van der Waals surface area contributed by atoms with Crippen LogP contribution in [0.25, 0.3) is 0 Å². The number of carbonyl (C=O) groups excluding carboxylic acids is 1. The molecule has 5 nitrogen and oxygen atoms in total. The van der Waals surface area contributed by atoms with E-state index in [0.717, 1.165) is 6.42 Å². The molecule has 0 unspecified atom stereocenters. The summed E-state index contributed by atoms with van der Waals surface area (Å²) in [4.78, 5) is 21.7. The van der Waals surface area contributed by atoms with Crippen molar-refractivity contribution in [3.63, 3.8) is 0 Å². The number of carboxylic acid groups (broad SMARTS) is 1. The monoisotopic (exact) mass is 252 g/mol. The zero-order chi connectivity index (χ0) is 13.5. The lowest BCUT2D eigenvalue weighted by Crippen LogP contribution is -2.15. The third kappa shape index (κ3) is 3.48. The molecule has 0 spiro atoms. The van der Waals surface area contributed by atoms with Gasteiger partial charge >= 0.3 is 5.97 Å². The Morgan fingerprint density at radius 2 is 2.06 bits per heavy atom. The summed E-state index contributed by atoms with van der Waals surface area (Å²) in [5.41, 5.74) is 0.513. The predicted molar refractivity (Wildman–Crippen MR) is 65.1 cm³/mol. The number of hydrogen-bond acceptors (Lipinski definition) is 4. The first-order valence-electron chi connectivity index (χ1n) is 5.65. The zero-order valence-corrected chi connectivity index (χ0v) is 10.4. The Bertz CT molecular complexity index is 439. The van der Waals surface area contributed by atoms with Gasteiger partial charge in [-0.1, -0.05) is 19.1 Å². The number of rotatable bonds is 7. The Morgan fingerprint density at radius 1 is 1.33 bits per heavy atom. The molecule has 1 aromatic rings. The van der Waals surface area contributed by atoms with Gasteiger partial charge in [0.15, 0.2) is 11.5 Å². The van der Waals surface area contributed by atoms with E-state index in [1.807, 2.05) is 6.92 Å². The van der Waals surface area contributed by atoms with Crippen molar-refractivity contribution < 1.29 is 24.2 Å². The summed E-state index contributed by atoms with van der Waals surface area (Å²) in [7, 11) is 1.46. The standard InChI is InChI=1S/C13H16O5/c1-3-7-18-11-6-4-5-9(12(11)17-2)8-10(14)13(15)16/h4-6H,3,7-8H2,1-2H3,(H,15,16). The molecule has 18 heavy (non-hydrogen) atoms. The minimum atomic E-state index is -1.45. The molecule has 1 rings (SSSR count). The lowest BCUT2D eigenvalue weighted by Gasteiger charge is -2.13. The molecular formula is C13H16O5. The maximum Gasteiger partial charge on any atom is 0.372 e. The summed E-state index contributed by atoms with van der Waals surface area (Å²) in [6, 6.07) is 5.08. The first-order valence-corrected chi connectivity index (χ1v) is 5.65. The van der Waals surface area contributed by atoms with E-state index in [1.54, 1.807) is 18.2 Å². The molecule has 0 fully saturated rings. The van der Waals surface area contributed by atoms with Crippen molar-refractivity contribution in [2.24, 2.45) is 0 Å². The van der Waals surface area contributed by atoms with Crippen LogP contribution in [0.2, 0.25) is 0 Å². The number of methoxy groups -OCH3 is 1. The van der Waals surface area contributed by atoms with E-state index in [0.29, 0.717) is 23.7 Å². The minimum absolute atomic E-state index is 0.207. The van der Waals surface area contributed by atoms with Crippen molar-refractivity contribution in [2.75, 3.05) is 13.7 Å². The van der Waals surface area contributed by atoms with E-state index < -0.39 is 11.8 Å². The van der Waals surface area contributed by atoms with Gasteiger partial charge in [-0.3, -0.25) is 4.79 Å². The molecular weight excluding hydrogens is 236 g/mol. The summed E-state index contributed by atoms with van der Waals surface area (Å²) >= 11 is 0. The molecule has 98 valence electrons. The van der Waals surface area contributed by atoms with Crippen LogP contribution in [-0.4, -0.2) is 30.6 Å². The van der Waals surface area contributed by atoms with Crippen LogP contribution in [0.3, 0.4) is 0 Å². The largest absolute Gasteiger partial charge is 0.493 e. The quantitative estimate of drug-likeness (QED) is 0.747. The van der Waals surface area contributed by atoms with Crippen molar-refractivity contribution in [2.45, 2.75) is 19.8 Å². The molecule has 0 bridgehead atoms. The molecule has 0 saturated carbocycles. The predicted octanol–water partition coefficient (Wildman–Crippen LogP) is 1.68. The van der Waals surface area contributed by atoms with Gasteiger partial charge in [0.2, 0.25) is 5.78 Å². The summed E-state index contributed by atoms with van der Waals surface area (Å²) in [5, 5.41) is 8.60. The van der Waals surface area contributed by atoms with Crippen molar-refractivity contribution in [3.8, 4) is 11.5 Å². The molecule has 1 N–H and O–H groups in total. The molecule has 0 atom stereocenters. The second-order valence-corrected chi connectivity index (χ2v) is 3.70. The van der Waals surface area contributed by atoms with Crippen LogP contribution < -0.4 is 9.47 Å². The third-order valence-corrected chi connectivity index (χ3v) is 2.32. The van der Waals surface area contributed by atoms with Crippen LogP contribution in [0.4, 0.5) is 0 Å². The minimum Gasteiger partial charge on any atom is -0.493 e. The molecule has 0 saturated heterocycles. The van der Waals surface area contributed by atoms with Crippen LogP contribution in [0.15, 0.2) is 18.2 Å². The second kappa shape index (κ2) is 6.64. The van der Waals surface area contributed by atoms with Crippen LogP contribution in [0.5, 0.6) is 11.5 Å². The van der Waals surface area contributed by atoms with E-state index in [2.05, 4.69) is 0 Å². The fraction of sp³-hybridized carbons (Fsp3) is 0.385. The van der Waals surface area contributed by atoms with Gasteiger partial charge in [-0.05, 0) is 12.5 Å². The van der Waals surface area contributed by atoms with Crippen LogP contribution in [-0.2, 0) is 16.0 Å². The van der Waals surface area contributed by atoms with E-state index in [1.165, 1.54) is 7.11 Å². The fourth-order valence-electron chi connectivity index (χ4n) is 1.51. The van der Waals surface area contributed by atoms with Crippen LogP contribution in [0, 0.1) is 0 Å². The second-order valence-electron chi connectivity index (χ2n) is 3.70. The molecule has 0 aliphatic carbocycles. The van der Waals surface area contributed by atoms with E-state index >= 15 is 0 Å². The highest BCUT2D eigenvalue weighted by molar-refractivity contribution is 6.33. The van der Waals surface area contributed by atoms with E-state index in [9.17, 15) is 9.59 Å². The first kappa shape index (κ1) is 14.0. The van der Waals surface area contributed by atoms with Gasteiger partial charge < -0.3 is 14.6 Å². The van der Waals surface area contributed by atoms with Gasteiger partial charge in [-0.2, -0.15) is 0 Å². The number of carbonyl (C=O) groups is 2. The summed E-state index contributed by atoms with van der Waals surface area (Å²) < 4.78 is 10.7. The van der Waals surface area contributed by atoms with Gasteiger partial charge in [-0.15, -0.1) is 0 Å². The Hall–Kier alpha value is -2.04. The number of ketones is 1. The van der Waals surface area contributed by atoms with Gasteiger partial charge in [0.05, 0.1) is 13.7 Å². The summed E-state index contributed by atoms with van der Waals surface area (Å²) in [5.74, 6) is -1.38. The number of carboxylic acids is 1. The smallest absolute Gasteiger partial charge is 0.372 e. The fourth-order valence-corrected chi connectivity index (χ4v) is 1.51. The highest BCUT2D eigenvalue weighted by Gasteiger charge is 2.17. The Labute approximate surface area is 105 Å². The lowest BCUT2D eigenvalue weighted by molar-refractivity contribution is -0.148. The lowest BCUT2D eigenvalue weighted by atomic mass is 10.1. The van der Waals surface area contributed by atoms with Gasteiger partial charge in [0.1, 0.15) is 0 Å². The average Bonchev–Trinajstić information content (AvgIpc) is 2.36. The number of para-hydroxylation sites is 1. The van der Waals surface area contributed by atoms with Crippen molar-refractivity contribution in [1.82, 2.24) is 0 Å². The Morgan fingerprint density at radius 3 is 2.61 bits per heavy atom. The molecule has 0 aliphatic heterocycles. The average molecular weight is 252 g/mol. The third-order valence-electron chi connectivity index (χ3n) is 2.32. The van der Waals surface area contributed by atoms with Crippen LogP contribution >= 0.6 is 0 Å². The van der Waals surface area contributed by atoms with E-state index in [-0.39, 0.29) is 6.42 Å². The molecule has 0 heterocycles. The first-order chi connectivity index (χ1) is 8.60. The van der Waals surface area contributed by atoms with E-state index in [4.69, 9.17) is 14.6 Å². The number of benzene rings is 1. The molecule has 0 amide bonds. The maximum absolute atomic E-state index is 11.2.